The van der Waals surface area contributed by atoms with Crippen LogP contribution >= 0.6 is 0 Å². The lowest BCUT2D eigenvalue weighted by atomic mass is 10.1. The van der Waals surface area contributed by atoms with E-state index in [0.717, 1.165) is 25.4 Å². The molecule has 1 atom stereocenters. The normalized spacial score (nSPS) is 21.8. The number of furan rings is 1. The topological polar surface area (TPSA) is 62.7 Å². The van der Waals surface area contributed by atoms with Gasteiger partial charge in [-0.25, -0.2) is 0 Å². The molecule has 5 nitrogen and oxygen atoms in total. The van der Waals surface area contributed by atoms with E-state index < -0.39 is 0 Å². The molecular weight excluding hydrogens is 218 g/mol. The van der Waals surface area contributed by atoms with E-state index in [1.807, 2.05) is 18.9 Å². The standard InChI is InChI=1S/C12H19N3O2/c1-9-5-10(8-17-9)12(16)15-4-3-14(2)7-11(15)6-13/h5,8,11H,3-4,6-7,13H2,1-2H3. The molecular formula is C12H19N3O2. The first-order valence-corrected chi connectivity index (χ1v) is 5.86. The van der Waals surface area contributed by atoms with Crippen molar-refractivity contribution in [3.8, 4) is 0 Å². The Morgan fingerprint density at radius 1 is 1.59 bits per heavy atom. The summed E-state index contributed by atoms with van der Waals surface area (Å²) in [4.78, 5) is 16.3. The third-order valence-corrected chi connectivity index (χ3v) is 3.20. The summed E-state index contributed by atoms with van der Waals surface area (Å²) in [5.41, 5.74) is 6.35. The van der Waals surface area contributed by atoms with E-state index in [9.17, 15) is 4.79 Å². The summed E-state index contributed by atoms with van der Waals surface area (Å²) in [5.74, 6) is 0.775. The number of nitrogens with zero attached hydrogens (tertiary/aromatic N) is 2. The van der Waals surface area contributed by atoms with Gasteiger partial charge in [-0.2, -0.15) is 0 Å². The number of hydrogen-bond donors (Lipinski definition) is 1. The highest BCUT2D eigenvalue weighted by atomic mass is 16.3. The maximum Gasteiger partial charge on any atom is 0.257 e. The molecule has 1 fully saturated rings. The number of carbonyl (C=O) groups excluding carboxylic acids is 1. The number of piperazine rings is 1. The van der Waals surface area contributed by atoms with Crippen molar-refractivity contribution in [2.24, 2.45) is 5.73 Å². The van der Waals surface area contributed by atoms with Crippen LogP contribution in [0.2, 0.25) is 0 Å². The number of rotatable bonds is 2. The van der Waals surface area contributed by atoms with Crippen LogP contribution in [-0.2, 0) is 0 Å². The molecule has 1 unspecified atom stereocenters. The van der Waals surface area contributed by atoms with Crippen LogP contribution < -0.4 is 5.73 Å². The van der Waals surface area contributed by atoms with Crippen LogP contribution in [0.15, 0.2) is 16.7 Å². The maximum absolute atomic E-state index is 12.3. The molecule has 0 aliphatic carbocycles. The van der Waals surface area contributed by atoms with Gasteiger partial charge in [0.25, 0.3) is 5.91 Å². The Labute approximate surface area is 101 Å². The molecule has 1 saturated heterocycles. The van der Waals surface area contributed by atoms with Crippen molar-refractivity contribution in [3.63, 3.8) is 0 Å². The molecule has 94 valence electrons. The summed E-state index contributed by atoms with van der Waals surface area (Å²) in [6.45, 7) is 4.77. The molecule has 17 heavy (non-hydrogen) atoms. The van der Waals surface area contributed by atoms with Crippen LogP contribution in [0, 0.1) is 6.92 Å². The van der Waals surface area contributed by atoms with Gasteiger partial charge in [0, 0.05) is 26.2 Å². The second-order valence-corrected chi connectivity index (χ2v) is 4.60. The van der Waals surface area contributed by atoms with Gasteiger partial charge in [-0.1, -0.05) is 0 Å². The minimum absolute atomic E-state index is 0.0189. The van der Waals surface area contributed by atoms with Gasteiger partial charge >= 0.3 is 0 Å². The van der Waals surface area contributed by atoms with Crippen molar-refractivity contribution in [1.82, 2.24) is 9.80 Å². The summed E-state index contributed by atoms with van der Waals surface area (Å²) in [5, 5.41) is 0. The summed E-state index contributed by atoms with van der Waals surface area (Å²) in [6.07, 6.45) is 1.52. The zero-order valence-corrected chi connectivity index (χ0v) is 10.3. The van der Waals surface area contributed by atoms with Crippen molar-refractivity contribution < 1.29 is 9.21 Å². The number of aryl methyl sites for hydroxylation is 1. The van der Waals surface area contributed by atoms with Gasteiger partial charge in [0.1, 0.15) is 12.0 Å². The highest BCUT2D eigenvalue weighted by Gasteiger charge is 2.29. The minimum Gasteiger partial charge on any atom is -0.469 e. The first-order valence-electron chi connectivity index (χ1n) is 5.86. The van der Waals surface area contributed by atoms with E-state index in [2.05, 4.69) is 4.90 Å². The van der Waals surface area contributed by atoms with Crippen molar-refractivity contribution >= 4 is 5.91 Å². The highest BCUT2D eigenvalue weighted by Crippen LogP contribution is 2.14. The molecule has 1 aromatic rings. The van der Waals surface area contributed by atoms with Crippen LogP contribution in [0.3, 0.4) is 0 Å². The zero-order valence-electron chi connectivity index (χ0n) is 10.3. The Kier molecular flexibility index (Phi) is 3.49. The maximum atomic E-state index is 12.3. The second kappa shape index (κ2) is 4.89. The van der Waals surface area contributed by atoms with Crippen LogP contribution in [0.1, 0.15) is 16.1 Å². The predicted molar refractivity (Wildman–Crippen MR) is 64.8 cm³/mol. The number of nitrogens with two attached hydrogens (primary N) is 1. The smallest absolute Gasteiger partial charge is 0.257 e. The van der Waals surface area contributed by atoms with E-state index in [0.29, 0.717) is 12.1 Å². The molecule has 0 spiro atoms. The van der Waals surface area contributed by atoms with Gasteiger partial charge in [0.05, 0.1) is 11.6 Å². The van der Waals surface area contributed by atoms with Gasteiger partial charge in [0.2, 0.25) is 0 Å². The second-order valence-electron chi connectivity index (χ2n) is 4.60. The average molecular weight is 237 g/mol. The molecule has 1 amide bonds. The summed E-state index contributed by atoms with van der Waals surface area (Å²) >= 11 is 0. The highest BCUT2D eigenvalue weighted by molar-refractivity contribution is 5.94. The van der Waals surface area contributed by atoms with Gasteiger partial charge in [-0.3, -0.25) is 4.79 Å². The first-order chi connectivity index (χ1) is 8.11. The average Bonchev–Trinajstić information content (AvgIpc) is 2.75. The fourth-order valence-corrected chi connectivity index (χ4v) is 2.20. The number of amides is 1. The monoisotopic (exact) mass is 237 g/mol. The quantitative estimate of drug-likeness (QED) is 0.803. The lowest BCUT2D eigenvalue weighted by molar-refractivity contribution is 0.0515. The molecule has 0 saturated carbocycles. The van der Waals surface area contributed by atoms with Gasteiger partial charge < -0.3 is 20.0 Å². The Hall–Kier alpha value is -1.33. The summed E-state index contributed by atoms with van der Waals surface area (Å²) < 4.78 is 5.18. The fraction of sp³-hybridized carbons (Fsp3) is 0.583. The third kappa shape index (κ3) is 2.50. The van der Waals surface area contributed by atoms with Crippen molar-refractivity contribution in [2.45, 2.75) is 13.0 Å². The van der Waals surface area contributed by atoms with Crippen LogP contribution in [0.25, 0.3) is 0 Å². The van der Waals surface area contributed by atoms with Crippen molar-refractivity contribution in [3.05, 3.63) is 23.7 Å². The van der Waals surface area contributed by atoms with E-state index in [1.54, 1.807) is 6.07 Å². The summed E-state index contributed by atoms with van der Waals surface area (Å²) in [6, 6.07) is 1.87. The Morgan fingerprint density at radius 2 is 2.35 bits per heavy atom. The molecule has 2 heterocycles. The molecule has 1 aliphatic heterocycles. The molecule has 1 aromatic heterocycles. The third-order valence-electron chi connectivity index (χ3n) is 3.20. The summed E-state index contributed by atoms with van der Waals surface area (Å²) in [7, 11) is 2.05. The molecule has 5 heteroatoms. The Morgan fingerprint density at radius 3 is 2.94 bits per heavy atom. The number of carbonyl (C=O) groups is 1. The minimum atomic E-state index is 0.0189. The molecule has 0 aromatic carbocycles. The fourth-order valence-electron chi connectivity index (χ4n) is 2.20. The van der Waals surface area contributed by atoms with Crippen LogP contribution in [0.5, 0.6) is 0 Å². The first kappa shape index (κ1) is 12.1. The van der Waals surface area contributed by atoms with Gasteiger partial charge in [0.15, 0.2) is 0 Å². The van der Waals surface area contributed by atoms with E-state index in [-0.39, 0.29) is 11.9 Å². The molecule has 0 radical (unpaired) electrons. The van der Waals surface area contributed by atoms with E-state index >= 15 is 0 Å². The molecule has 2 N–H and O–H groups in total. The van der Waals surface area contributed by atoms with Crippen LogP contribution in [-0.4, -0.2) is 55.0 Å². The van der Waals surface area contributed by atoms with Gasteiger partial charge in [-0.15, -0.1) is 0 Å². The lowest BCUT2D eigenvalue weighted by Gasteiger charge is -2.39. The molecule has 2 rings (SSSR count). The Balaban J connectivity index is 2.13. The van der Waals surface area contributed by atoms with E-state index in [1.165, 1.54) is 6.26 Å². The number of hydrogen-bond acceptors (Lipinski definition) is 4. The Bertz CT molecular complexity index is 402. The number of likely N-dealkylation sites (N-methyl/N-ethyl adjacent to an activating group) is 1. The SMILES string of the molecule is Cc1cc(C(=O)N2CCN(C)CC2CN)co1. The largest absolute Gasteiger partial charge is 0.469 e. The molecule has 1 aliphatic rings. The molecule has 0 bridgehead atoms. The van der Waals surface area contributed by atoms with Gasteiger partial charge in [-0.05, 0) is 20.0 Å². The lowest BCUT2D eigenvalue weighted by Crippen LogP contribution is -2.56. The van der Waals surface area contributed by atoms with Crippen molar-refractivity contribution in [2.75, 3.05) is 33.2 Å². The predicted octanol–water partition coefficient (Wildman–Crippen LogP) is 0.303. The van der Waals surface area contributed by atoms with Crippen molar-refractivity contribution in [1.29, 1.82) is 0 Å². The van der Waals surface area contributed by atoms with E-state index in [4.69, 9.17) is 10.2 Å². The van der Waals surface area contributed by atoms with Crippen LogP contribution in [0.4, 0.5) is 0 Å². The zero-order chi connectivity index (χ0) is 12.4.